The lowest BCUT2D eigenvalue weighted by Crippen LogP contribution is -2.47. The summed E-state index contributed by atoms with van der Waals surface area (Å²) in [6.45, 7) is 4.12. The van der Waals surface area contributed by atoms with Gasteiger partial charge in [-0.15, -0.1) is 0 Å². The van der Waals surface area contributed by atoms with Gasteiger partial charge in [-0.1, -0.05) is 35.4 Å². The molecule has 4 rings (SSSR count). The van der Waals surface area contributed by atoms with E-state index in [-0.39, 0.29) is 11.9 Å². The topological polar surface area (TPSA) is 81.0 Å². The molecule has 1 unspecified atom stereocenters. The van der Waals surface area contributed by atoms with Crippen LogP contribution in [0, 0.1) is 11.6 Å². The maximum atomic E-state index is 14.1. The zero-order valence-electron chi connectivity index (χ0n) is 17.0. The summed E-state index contributed by atoms with van der Waals surface area (Å²) in [5.41, 5.74) is 9.91. The number of halogens is 2. The highest BCUT2D eigenvalue weighted by Gasteiger charge is 2.20. The number of nitrogens with zero attached hydrogens (tertiary/aromatic N) is 7. The zero-order chi connectivity index (χ0) is 21.6. The number of anilines is 1. The fraction of sp³-hybridized carbons (Fsp3) is 0.364. The first-order valence-electron chi connectivity index (χ1n) is 10.3. The first-order valence-corrected chi connectivity index (χ1v) is 10.3. The molecule has 7 nitrogen and oxygen atoms in total. The highest BCUT2D eigenvalue weighted by Crippen LogP contribution is 2.31. The lowest BCUT2D eigenvalue weighted by molar-refractivity contribution is 0.249. The number of azide groups is 1. The van der Waals surface area contributed by atoms with Gasteiger partial charge in [-0.2, -0.15) is 0 Å². The molecule has 1 fully saturated rings. The van der Waals surface area contributed by atoms with E-state index in [2.05, 4.69) is 24.9 Å². The van der Waals surface area contributed by atoms with E-state index >= 15 is 0 Å². The largest absolute Gasteiger partial charge is 0.338 e. The van der Waals surface area contributed by atoms with Gasteiger partial charge in [-0.05, 0) is 41.9 Å². The number of piperazine rings is 1. The van der Waals surface area contributed by atoms with Crippen molar-refractivity contribution in [1.29, 1.82) is 0 Å². The Labute approximate surface area is 179 Å². The van der Waals surface area contributed by atoms with Gasteiger partial charge < -0.3 is 4.90 Å². The van der Waals surface area contributed by atoms with E-state index in [9.17, 15) is 8.78 Å². The van der Waals surface area contributed by atoms with Gasteiger partial charge in [-0.3, -0.25) is 4.90 Å². The van der Waals surface area contributed by atoms with Crippen LogP contribution in [0.2, 0.25) is 0 Å². The minimum absolute atomic E-state index is 0.276. The summed E-state index contributed by atoms with van der Waals surface area (Å²) < 4.78 is 27.1. The number of fused-ring (bicyclic) bond motifs is 1. The molecule has 0 radical (unpaired) electrons. The van der Waals surface area contributed by atoms with Crippen LogP contribution in [0.15, 0.2) is 53.9 Å². The van der Waals surface area contributed by atoms with Crippen LogP contribution in [0.4, 0.5) is 14.7 Å². The van der Waals surface area contributed by atoms with Gasteiger partial charge in [0, 0.05) is 36.5 Å². The monoisotopic (exact) mass is 423 g/mol. The SMILES string of the molecule is [N-]=[N+]=NC(CCCN1CCN(c2ncc(F)cn2)CC1)c1ccc(F)c2ccccc12. The molecule has 2 aromatic carbocycles. The van der Waals surface area contributed by atoms with Crippen molar-refractivity contribution in [2.24, 2.45) is 5.11 Å². The minimum atomic E-state index is -0.439. The van der Waals surface area contributed by atoms with Gasteiger partial charge in [0.05, 0.1) is 18.4 Å². The Bertz CT molecular complexity index is 1070. The lowest BCUT2D eigenvalue weighted by Gasteiger charge is -2.34. The Hall–Kier alpha value is -3.29. The molecule has 2 heterocycles. The molecule has 0 N–H and O–H groups in total. The number of benzene rings is 2. The van der Waals surface area contributed by atoms with Crippen LogP contribution in [0.3, 0.4) is 0 Å². The van der Waals surface area contributed by atoms with E-state index in [1.165, 1.54) is 18.5 Å². The smallest absolute Gasteiger partial charge is 0.225 e. The fourth-order valence-electron chi connectivity index (χ4n) is 4.06. The molecule has 0 spiro atoms. The molecule has 1 aliphatic heterocycles. The molecule has 0 amide bonds. The molecule has 1 saturated heterocycles. The second-order valence-corrected chi connectivity index (χ2v) is 7.58. The van der Waals surface area contributed by atoms with E-state index in [1.54, 1.807) is 18.2 Å². The zero-order valence-corrected chi connectivity index (χ0v) is 17.0. The molecule has 3 aromatic rings. The highest BCUT2D eigenvalue weighted by molar-refractivity contribution is 5.86. The average molecular weight is 423 g/mol. The van der Waals surface area contributed by atoms with E-state index in [0.29, 0.717) is 17.8 Å². The second-order valence-electron chi connectivity index (χ2n) is 7.58. The Kier molecular flexibility index (Phi) is 6.54. The number of hydrogen-bond acceptors (Lipinski definition) is 5. The van der Waals surface area contributed by atoms with Crippen LogP contribution in [-0.4, -0.2) is 47.6 Å². The van der Waals surface area contributed by atoms with Crippen molar-refractivity contribution in [3.63, 3.8) is 0 Å². The maximum Gasteiger partial charge on any atom is 0.225 e. The van der Waals surface area contributed by atoms with Crippen molar-refractivity contribution in [1.82, 2.24) is 14.9 Å². The minimum Gasteiger partial charge on any atom is -0.338 e. The maximum absolute atomic E-state index is 14.1. The Morgan fingerprint density at radius 3 is 2.42 bits per heavy atom. The van der Waals surface area contributed by atoms with Gasteiger partial charge >= 0.3 is 0 Å². The molecule has 1 aromatic heterocycles. The normalized spacial score (nSPS) is 15.6. The van der Waals surface area contributed by atoms with Crippen molar-refractivity contribution in [2.45, 2.75) is 18.9 Å². The van der Waals surface area contributed by atoms with Crippen LogP contribution < -0.4 is 4.90 Å². The fourth-order valence-corrected chi connectivity index (χ4v) is 4.06. The van der Waals surface area contributed by atoms with Crippen molar-refractivity contribution >= 4 is 16.7 Å². The van der Waals surface area contributed by atoms with Crippen LogP contribution >= 0.6 is 0 Å². The summed E-state index contributed by atoms with van der Waals surface area (Å²) in [6.07, 6.45) is 3.90. The highest BCUT2D eigenvalue weighted by atomic mass is 19.1. The molecule has 160 valence electrons. The summed E-state index contributed by atoms with van der Waals surface area (Å²) in [6, 6.07) is 10.1. The Balaban J connectivity index is 1.35. The molecular weight excluding hydrogens is 400 g/mol. The summed E-state index contributed by atoms with van der Waals surface area (Å²) >= 11 is 0. The third kappa shape index (κ3) is 4.90. The van der Waals surface area contributed by atoms with Crippen molar-refractivity contribution in [2.75, 3.05) is 37.6 Å². The summed E-state index contributed by atoms with van der Waals surface area (Å²) in [4.78, 5) is 15.5. The van der Waals surface area contributed by atoms with Crippen molar-refractivity contribution < 1.29 is 8.78 Å². The molecule has 1 aliphatic rings. The van der Waals surface area contributed by atoms with Crippen molar-refractivity contribution in [3.05, 3.63) is 76.4 Å². The van der Waals surface area contributed by atoms with Gasteiger partial charge in [0.2, 0.25) is 5.95 Å². The number of hydrogen-bond donors (Lipinski definition) is 0. The predicted octanol–water partition coefficient (Wildman–Crippen LogP) is 4.86. The van der Waals surface area contributed by atoms with E-state index in [4.69, 9.17) is 5.53 Å². The van der Waals surface area contributed by atoms with Crippen LogP contribution in [-0.2, 0) is 0 Å². The van der Waals surface area contributed by atoms with Crippen LogP contribution in [0.1, 0.15) is 24.4 Å². The van der Waals surface area contributed by atoms with Gasteiger partial charge in [0.25, 0.3) is 0 Å². The molecule has 0 saturated carbocycles. The third-order valence-corrected chi connectivity index (χ3v) is 5.67. The summed E-state index contributed by atoms with van der Waals surface area (Å²) in [7, 11) is 0. The first kappa shape index (κ1) is 21.0. The number of aromatic nitrogens is 2. The average Bonchev–Trinajstić information content (AvgIpc) is 2.80. The van der Waals surface area contributed by atoms with E-state index < -0.39 is 5.82 Å². The van der Waals surface area contributed by atoms with Crippen LogP contribution in [0.25, 0.3) is 21.2 Å². The molecule has 9 heteroatoms. The standard InChI is InChI=1S/C22H23F2N7/c23-16-14-26-22(27-15-16)31-12-10-30(11-13-31)9-3-6-21(28-29-25)19-7-8-20(24)18-5-2-1-4-17(18)19/h1-2,4-5,7-8,14-15,21H,3,6,9-13H2. The molecule has 0 bridgehead atoms. The van der Waals surface area contributed by atoms with E-state index in [0.717, 1.165) is 50.1 Å². The summed E-state index contributed by atoms with van der Waals surface area (Å²) in [5, 5.41) is 5.32. The van der Waals surface area contributed by atoms with Gasteiger partial charge in [-0.25, -0.2) is 18.7 Å². The lowest BCUT2D eigenvalue weighted by atomic mass is 9.96. The first-order chi connectivity index (χ1) is 15.2. The quantitative estimate of drug-likeness (QED) is 0.309. The third-order valence-electron chi connectivity index (χ3n) is 5.67. The molecular formula is C22H23F2N7. The molecule has 31 heavy (non-hydrogen) atoms. The number of rotatable bonds is 7. The second kappa shape index (κ2) is 9.68. The van der Waals surface area contributed by atoms with Crippen LogP contribution in [0.5, 0.6) is 0 Å². The van der Waals surface area contributed by atoms with Crippen molar-refractivity contribution in [3.8, 4) is 0 Å². The van der Waals surface area contributed by atoms with Gasteiger partial charge in [0.1, 0.15) is 5.82 Å². The predicted molar refractivity (Wildman–Crippen MR) is 116 cm³/mol. The summed E-state index contributed by atoms with van der Waals surface area (Å²) in [5.74, 6) is -0.166. The van der Waals surface area contributed by atoms with E-state index in [1.807, 2.05) is 17.0 Å². The Morgan fingerprint density at radius 2 is 1.71 bits per heavy atom. The molecule has 0 aliphatic carbocycles. The van der Waals surface area contributed by atoms with Gasteiger partial charge in [0.15, 0.2) is 5.82 Å². The molecule has 1 atom stereocenters. The Morgan fingerprint density at radius 1 is 1.00 bits per heavy atom.